The minimum absolute atomic E-state index is 0.169. The van der Waals surface area contributed by atoms with Crippen LogP contribution < -0.4 is 5.56 Å². The maximum atomic E-state index is 12.3. The number of hydrogen-bond acceptors (Lipinski definition) is 3. The van der Waals surface area contributed by atoms with Gasteiger partial charge in [0.2, 0.25) is 0 Å². The zero-order valence-corrected chi connectivity index (χ0v) is 13.4. The molecule has 2 heterocycles. The molecule has 0 amide bonds. The number of rotatable bonds is 2. The molecule has 1 aromatic carbocycles. The summed E-state index contributed by atoms with van der Waals surface area (Å²) in [6, 6.07) is 10.8. The largest absolute Gasteiger partial charge is 0.478 e. The maximum absolute atomic E-state index is 12.3. The summed E-state index contributed by atoms with van der Waals surface area (Å²) in [5.41, 5.74) is 1.96. The van der Waals surface area contributed by atoms with Crippen molar-refractivity contribution in [3.05, 3.63) is 61.7 Å². The molecule has 0 atom stereocenters. The summed E-state index contributed by atoms with van der Waals surface area (Å²) in [5.74, 6) is -1.03. The second-order valence-corrected chi connectivity index (χ2v) is 6.89. The number of halogens is 1. The van der Waals surface area contributed by atoms with Gasteiger partial charge in [0.05, 0.1) is 15.0 Å². The molecule has 0 aliphatic heterocycles. The van der Waals surface area contributed by atoms with E-state index in [0.29, 0.717) is 16.1 Å². The van der Waals surface area contributed by atoms with Crippen LogP contribution in [0.25, 0.3) is 16.1 Å². The van der Waals surface area contributed by atoms with E-state index in [2.05, 4.69) is 15.9 Å². The Labute approximate surface area is 132 Å². The van der Waals surface area contributed by atoms with Crippen LogP contribution in [0.3, 0.4) is 0 Å². The summed E-state index contributed by atoms with van der Waals surface area (Å²) in [7, 11) is 0. The Bertz CT molecular complexity index is 912. The fourth-order valence-corrected chi connectivity index (χ4v) is 4.30. The number of thiazole rings is 1. The number of carbonyl (C=O) groups is 1. The van der Waals surface area contributed by atoms with Crippen molar-refractivity contribution < 1.29 is 9.90 Å². The average molecular weight is 364 g/mol. The van der Waals surface area contributed by atoms with Crippen LogP contribution in [0.4, 0.5) is 0 Å². The number of carboxylic acid groups (broad SMARTS) is 1. The van der Waals surface area contributed by atoms with Crippen LogP contribution >= 0.6 is 27.3 Å². The highest BCUT2D eigenvalue weighted by molar-refractivity contribution is 9.11. The van der Waals surface area contributed by atoms with Gasteiger partial charge < -0.3 is 5.11 Å². The van der Waals surface area contributed by atoms with Gasteiger partial charge in [-0.1, -0.05) is 30.3 Å². The lowest BCUT2D eigenvalue weighted by atomic mass is 10.1. The summed E-state index contributed by atoms with van der Waals surface area (Å²) >= 11 is 4.71. The van der Waals surface area contributed by atoms with Crippen molar-refractivity contribution in [2.45, 2.75) is 6.92 Å². The Morgan fingerprint density at radius 3 is 2.57 bits per heavy atom. The van der Waals surface area contributed by atoms with Crippen LogP contribution in [0.2, 0.25) is 0 Å². The molecule has 0 saturated carbocycles. The van der Waals surface area contributed by atoms with E-state index in [9.17, 15) is 14.7 Å². The Morgan fingerprint density at radius 2 is 1.95 bits per heavy atom. The summed E-state index contributed by atoms with van der Waals surface area (Å²) in [4.78, 5) is 24.3. The zero-order valence-electron chi connectivity index (χ0n) is 11.0. The highest BCUT2D eigenvalue weighted by atomic mass is 79.9. The lowest BCUT2D eigenvalue weighted by Crippen LogP contribution is -2.16. The molecular weight excluding hydrogens is 354 g/mol. The highest BCUT2D eigenvalue weighted by Gasteiger charge is 2.21. The van der Waals surface area contributed by atoms with Gasteiger partial charge in [0.25, 0.3) is 5.56 Å². The molecule has 0 saturated heterocycles. The standard InChI is InChI=1S/C15H10BrNO3S/c1-8-7-10(18)17-12(9-5-3-2-4-6-9)13(16)21-14(17)11(8)15(19)20/h2-7H,1H3,(H,19,20). The van der Waals surface area contributed by atoms with Gasteiger partial charge in [-0.15, -0.1) is 11.3 Å². The van der Waals surface area contributed by atoms with E-state index >= 15 is 0 Å². The number of fused-ring (bicyclic) bond motifs is 1. The van der Waals surface area contributed by atoms with E-state index < -0.39 is 5.97 Å². The predicted octanol–water partition coefficient (Wildman–Crippen LogP) is 3.80. The Kier molecular flexibility index (Phi) is 3.43. The predicted molar refractivity (Wildman–Crippen MR) is 86.4 cm³/mol. The molecule has 21 heavy (non-hydrogen) atoms. The van der Waals surface area contributed by atoms with Gasteiger partial charge in [0.1, 0.15) is 4.83 Å². The SMILES string of the molecule is Cc1cc(=O)n2c(-c3ccccc3)c(Br)sc2c1C(=O)O. The quantitative estimate of drug-likeness (QED) is 0.753. The lowest BCUT2D eigenvalue weighted by Gasteiger charge is -2.05. The van der Waals surface area contributed by atoms with Crippen LogP contribution in [-0.4, -0.2) is 15.5 Å². The van der Waals surface area contributed by atoms with Crippen molar-refractivity contribution in [1.82, 2.24) is 4.40 Å². The Balaban J connectivity index is 2.49. The molecule has 0 unspecified atom stereocenters. The van der Waals surface area contributed by atoms with Gasteiger partial charge in [-0.05, 0) is 28.4 Å². The third kappa shape index (κ3) is 2.20. The summed E-state index contributed by atoms with van der Waals surface area (Å²) < 4.78 is 2.19. The van der Waals surface area contributed by atoms with Gasteiger partial charge in [0.15, 0.2) is 0 Å². The van der Waals surface area contributed by atoms with Crippen molar-refractivity contribution in [1.29, 1.82) is 0 Å². The lowest BCUT2D eigenvalue weighted by molar-refractivity contribution is 0.0698. The van der Waals surface area contributed by atoms with Crippen LogP contribution in [0.5, 0.6) is 0 Å². The second-order valence-electron chi connectivity index (χ2n) is 4.58. The third-order valence-corrected chi connectivity index (χ3v) is 5.04. The molecule has 0 fully saturated rings. The van der Waals surface area contributed by atoms with Crippen molar-refractivity contribution >= 4 is 38.1 Å². The fourth-order valence-electron chi connectivity index (χ4n) is 2.33. The summed E-state index contributed by atoms with van der Waals surface area (Å²) in [6.45, 7) is 1.64. The number of hydrogen-bond donors (Lipinski definition) is 1. The molecule has 3 aromatic rings. The first-order valence-electron chi connectivity index (χ1n) is 6.14. The van der Waals surface area contributed by atoms with E-state index in [0.717, 1.165) is 9.35 Å². The minimum atomic E-state index is -1.03. The molecule has 1 N–H and O–H groups in total. The van der Waals surface area contributed by atoms with E-state index in [1.807, 2.05) is 30.3 Å². The average Bonchev–Trinajstić information content (AvgIpc) is 2.76. The minimum Gasteiger partial charge on any atom is -0.478 e. The molecule has 3 rings (SSSR count). The molecule has 2 aromatic heterocycles. The number of nitrogens with zero attached hydrogens (tertiary/aromatic N) is 1. The Morgan fingerprint density at radius 1 is 1.29 bits per heavy atom. The van der Waals surface area contributed by atoms with Gasteiger partial charge >= 0.3 is 5.97 Å². The molecule has 0 bridgehead atoms. The zero-order chi connectivity index (χ0) is 15.1. The van der Waals surface area contributed by atoms with E-state index in [4.69, 9.17) is 0 Å². The molecular formula is C15H10BrNO3S. The number of pyridine rings is 1. The number of aromatic carboxylic acids is 1. The number of carboxylic acids is 1. The van der Waals surface area contributed by atoms with E-state index in [1.54, 1.807) is 6.92 Å². The molecule has 0 spiro atoms. The molecule has 4 nitrogen and oxygen atoms in total. The molecule has 106 valence electrons. The Hall–Kier alpha value is -1.92. The monoisotopic (exact) mass is 363 g/mol. The summed E-state index contributed by atoms with van der Waals surface area (Å²) in [5, 5.41) is 9.40. The van der Waals surface area contributed by atoms with E-state index in [-0.39, 0.29) is 11.1 Å². The van der Waals surface area contributed by atoms with Crippen LogP contribution in [0.1, 0.15) is 15.9 Å². The fraction of sp³-hybridized carbons (Fsp3) is 0.0667. The number of aromatic nitrogens is 1. The smallest absolute Gasteiger partial charge is 0.338 e. The number of aryl methyl sites for hydroxylation is 1. The first-order chi connectivity index (χ1) is 10.0. The first kappa shape index (κ1) is 14.0. The first-order valence-corrected chi connectivity index (χ1v) is 7.75. The third-order valence-electron chi connectivity index (χ3n) is 3.23. The molecule has 0 radical (unpaired) electrons. The van der Waals surface area contributed by atoms with Crippen molar-refractivity contribution in [3.63, 3.8) is 0 Å². The summed E-state index contributed by atoms with van der Waals surface area (Å²) in [6.07, 6.45) is 0. The van der Waals surface area contributed by atoms with Gasteiger partial charge in [0, 0.05) is 11.6 Å². The molecule has 0 aliphatic carbocycles. The molecule has 0 aliphatic rings. The normalized spacial score (nSPS) is 11.0. The van der Waals surface area contributed by atoms with Crippen LogP contribution in [-0.2, 0) is 0 Å². The van der Waals surface area contributed by atoms with Crippen molar-refractivity contribution in [3.8, 4) is 11.3 Å². The van der Waals surface area contributed by atoms with Crippen molar-refractivity contribution in [2.75, 3.05) is 0 Å². The van der Waals surface area contributed by atoms with Gasteiger partial charge in [-0.2, -0.15) is 0 Å². The number of benzene rings is 1. The van der Waals surface area contributed by atoms with Gasteiger partial charge in [-0.25, -0.2) is 4.79 Å². The second kappa shape index (κ2) is 5.13. The molecule has 6 heteroatoms. The highest BCUT2D eigenvalue weighted by Crippen LogP contribution is 2.37. The topological polar surface area (TPSA) is 58.8 Å². The van der Waals surface area contributed by atoms with Crippen molar-refractivity contribution in [2.24, 2.45) is 0 Å². The van der Waals surface area contributed by atoms with E-state index in [1.165, 1.54) is 21.8 Å². The van der Waals surface area contributed by atoms with Gasteiger partial charge in [-0.3, -0.25) is 9.20 Å². The maximum Gasteiger partial charge on any atom is 0.338 e. The van der Waals surface area contributed by atoms with Crippen LogP contribution in [0, 0.1) is 6.92 Å². The van der Waals surface area contributed by atoms with Crippen LogP contribution in [0.15, 0.2) is 45.0 Å².